The van der Waals surface area contributed by atoms with Gasteiger partial charge < -0.3 is 0 Å². The maximum absolute atomic E-state index is 14.5. The van der Waals surface area contributed by atoms with Crippen LogP contribution in [-0.4, -0.2) is 57.3 Å². The van der Waals surface area contributed by atoms with Crippen LogP contribution in [0, 0.1) is 0 Å². The first kappa shape index (κ1) is 36.7. The quantitative estimate of drug-likeness (QED) is 0.133. The average Bonchev–Trinajstić information content (AvgIpc) is 3.26. The van der Waals surface area contributed by atoms with Crippen LogP contribution in [0.2, 0.25) is 0 Å². The second-order valence-corrected chi connectivity index (χ2v) is 15.3. The molecule has 0 unspecified atom stereocenters. The SMILES string of the molecule is CCCCc1ccccc1N1C(=O)c2ccc3c4c(ccc(c24)C1=O)C(=O)N(N1C(=O)c2ccc4c5c(ccc(c25)C1=O)C(=O)N(c1ccccc1CCCC)C4=O)C3=O. The van der Waals surface area contributed by atoms with Crippen molar-refractivity contribution >= 4 is 80.2 Å². The fourth-order valence-corrected chi connectivity index (χ4v) is 9.14. The van der Waals surface area contributed by atoms with Crippen LogP contribution < -0.4 is 9.80 Å². The van der Waals surface area contributed by atoms with Crippen LogP contribution in [0.1, 0.15) is 134 Å². The number of amides is 8. The summed E-state index contributed by atoms with van der Waals surface area (Å²) in [6, 6.07) is 25.5. The normalized spacial score (nSPS) is 15.7. The van der Waals surface area contributed by atoms with Crippen molar-refractivity contribution in [3.63, 3.8) is 0 Å². The molecule has 0 fully saturated rings. The number of anilines is 2. The lowest BCUT2D eigenvalue weighted by atomic mass is 9.85. The van der Waals surface area contributed by atoms with Gasteiger partial charge in [-0.3, -0.25) is 38.4 Å². The van der Waals surface area contributed by atoms with Gasteiger partial charge in [0.25, 0.3) is 47.3 Å². The molecule has 0 atom stereocenters. The number of hydrogen-bond donors (Lipinski definition) is 0. The van der Waals surface area contributed by atoms with Gasteiger partial charge in [-0.2, -0.15) is 10.0 Å². The Bertz CT molecular complexity index is 2710. The third-order valence-corrected chi connectivity index (χ3v) is 12.0. The molecule has 4 aliphatic heterocycles. The van der Waals surface area contributed by atoms with Gasteiger partial charge >= 0.3 is 0 Å². The summed E-state index contributed by atoms with van der Waals surface area (Å²) in [5, 5.41) is 1.40. The lowest BCUT2D eigenvalue weighted by Gasteiger charge is -2.38. The van der Waals surface area contributed by atoms with E-state index in [9.17, 15) is 38.4 Å². The van der Waals surface area contributed by atoms with E-state index in [2.05, 4.69) is 13.8 Å². The van der Waals surface area contributed by atoms with Crippen LogP contribution in [0.15, 0.2) is 97.1 Å². The summed E-state index contributed by atoms with van der Waals surface area (Å²) in [5.74, 6) is -6.49. The number of imide groups is 4. The minimum atomic E-state index is -1.01. The van der Waals surface area contributed by atoms with Crippen molar-refractivity contribution in [3.8, 4) is 0 Å². The lowest BCUT2D eigenvalue weighted by molar-refractivity contribution is 0.00212. The van der Waals surface area contributed by atoms with E-state index in [0.29, 0.717) is 34.2 Å². The Kier molecular flexibility index (Phi) is 8.25. The standard InChI is InChI=1S/C48H34N4O8/c1-3-5-11-25-13-7-9-15-35(25)49-41(53)27-17-21-31-39-32(22-18-28(37(27)39)42(49)54)46(58)51(45(31)57)52-47(59)33-23-19-29-38-30(20-24-34(40(33)38)48(52)60)44(56)50(43(29)55)36-16-10-8-14-26(36)12-6-4-2/h7-10,13-24H,3-6,11-12H2,1-2H3. The molecule has 0 aliphatic carbocycles. The van der Waals surface area contributed by atoms with Gasteiger partial charge in [-0.1, -0.05) is 63.1 Å². The minimum Gasteiger partial charge on any atom is -0.268 e. The fourth-order valence-electron chi connectivity index (χ4n) is 9.14. The Balaban J connectivity index is 1.03. The Morgan fingerprint density at radius 3 is 0.850 bits per heavy atom. The molecule has 12 heteroatoms. The lowest BCUT2D eigenvalue weighted by Crippen LogP contribution is -2.58. The number of para-hydroxylation sites is 2. The second kappa shape index (κ2) is 13.5. The predicted octanol–water partition coefficient (Wildman–Crippen LogP) is 8.09. The largest absolute Gasteiger partial charge is 0.281 e. The van der Waals surface area contributed by atoms with Crippen molar-refractivity contribution in [2.45, 2.75) is 52.4 Å². The molecule has 294 valence electrons. The van der Waals surface area contributed by atoms with E-state index in [1.54, 1.807) is 24.3 Å². The van der Waals surface area contributed by atoms with Gasteiger partial charge in [0, 0.05) is 43.8 Å². The number of rotatable bonds is 9. The van der Waals surface area contributed by atoms with Gasteiger partial charge in [0.05, 0.1) is 33.6 Å². The van der Waals surface area contributed by atoms with Crippen LogP contribution in [0.3, 0.4) is 0 Å². The summed E-state index contributed by atoms with van der Waals surface area (Å²) < 4.78 is 0. The van der Waals surface area contributed by atoms with Crippen molar-refractivity contribution in [2.75, 3.05) is 9.80 Å². The molecule has 60 heavy (non-hydrogen) atoms. The third kappa shape index (κ3) is 4.90. The summed E-state index contributed by atoms with van der Waals surface area (Å²) >= 11 is 0. The Labute approximate surface area is 342 Å². The average molecular weight is 795 g/mol. The molecule has 4 aliphatic rings. The van der Waals surface area contributed by atoms with E-state index in [-0.39, 0.29) is 66.1 Å². The molecule has 12 nitrogen and oxygen atoms in total. The van der Waals surface area contributed by atoms with Gasteiger partial charge in [-0.25, -0.2) is 9.80 Å². The van der Waals surface area contributed by atoms with Crippen LogP contribution in [0.25, 0.3) is 21.5 Å². The maximum Gasteiger partial charge on any atom is 0.281 e. The number of hydrogen-bond acceptors (Lipinski definition) is 8. The third-order valence-electron chi connectivity index (χ3n) is 12.0. The Hall–Kier alpha value is -7.60. The first-order valence-electron chi connectivity index (χ1n) is 20.0. The number of carbonyl (C=O) groups excluding carboxylic acids is 8. The van der Waals surface area contributed by atoms with E-state index in [1.807, 2.05) is 24.3 Å². The number of carbonyl (C=O) groups is 8. The zero-order valence-electron chi connectivity index (χ0n) is 32.5. The highest BCUT2D eigenvalue weighted by atomic mass is 16.2. The maximum atomic E-state index is 14.5. The van der Waals surface area contributed by atoms with E-state index < -0.39 is 47.3 Å². The van der Waals surface area contributed by atoms with Crippen molar-refractivity contribution in [2.24, 2.45) is 0 Å². The van der Waals surface area contributed by atoms with Crippen molar-refractivity contribution in [1.82, 2.24) is 10.0 Å². The predicted molar refractivity (Wildman–Crippen MR) is 221 cm³/mol. The molecule has 6 aromatic rings. The summed E-state index contributed by atoms with van der Waals surface area (Å²) in [6.45, 7) is 4.10. The number of benzene rings is 6. The zero-order chi connectivity index (χ0) is 41.7. The van der Waals surface area contributed by atoms with Gasteiger partial charge in [-0.15, -0.1) is 0 Å². The molecule has 0 N–H and O–H groups in total. The summed E-state index contributed by atoms with van der Waals surface area (Å²) in [6.07, 6.45) is 4.84. The van der Waals surface area contributed by atoms with Gasteiger partial charge in [0.1, 0.15) is 0 Å². The topological polar surface area (TPSA) is 150 Å². The zero-order valence-corrected chi connectivity index (χ0v) is 32.5. The van der Waals surface area contributed by atoms with Crippen LogP contribution >= 0.6 is 0 Å². The molecule has 4 heterocycles. The van der Waals surface area contributed by atoms with Crippen LogP contribution in [0.5, 0.6) is 0 Å². The number of hydrazine groups is 1. The molecule has 0 aromatic heterocycles. The summed E-state index contributed by atoms with van der Waals surface area (Å²) in [5.41, 5.74) is 2.71. The second-order valence-electron chi connectivity index (χ2n) is 15.3. The van der Waals surface area contributed by atoms with Gasteiger partial charge in [0.15, 0.2) is 0 Å². The number of aryl methyl sites for hydroxylation is 2. The molecular formula is C48H34N4O8. The van der Waals surface area contributed by atoms with Gasteiger partial charge in [-0.05, 0) is 97.5 Å². The molecule has 0 spiro atoms. The molecule has 0 bridgehead atoms. The smallest absolute Gasteiger partial charge is 0.268 e. The first-order valence-corrected chi connectivity index (χ1v) is 20.0. The molecule has 6 aromatic carbocycles. The molecular weight excluding hydrogens is 761 g/mol. The summed E-state index contributed by atoms with van der Waals surface area (Å²) in [7, 11) is 0. The van der Waals surface area contributed by atoms with E-state index in [4.69, 9.17) is 0 Å². The van der Waals surface area contributed by atoms with Crippen LogP contribution in [0.4, 0.5) is 11.4 Å². The monoisotopic (exact) mass is 794 g/mol. The number of unbranched alkanes of at least 4 members (excludes halogenated alkanes) is 2. The summed E-state index contributed by atoms with van der Waals surface area (Å²) in [4.78, 5) is 117. The van der Waals surface area contributed by atoms with Crippen molar-refractivity contribution < 1.29 is 38.4 Å². The molecule has 0 saturated carbocycles. The number of nitrogens with zero attached hydrogens (tertiary/aromatic N) is 4. The van der Waals surface area contributed by atoms with E-state index in [1.165, 1.54) is 48.5 Å². The van der Waals surface area contributed by atoms with Crippen molar-refractivity contribution in [3.05, 3.63) is 153 Å². The Morgan fingerprint density at radius 2 is 0.583 bits per heavy atom. The molecule has 8 amide bonds. The highest BCUT2D eigenvalue weighted by Gasteiger charge is 2.48. The fraction of sp³-hybridized carbons (Fsp3) is 0.167. The Morgan fingerprint density at radius 1 is 0.333 bits per heavy atom. The molecule has 10 rings (SSSR count). The molecule has 0 radical (unpaired) electrons. The van der Waals surface area contributed by atoms with E-state index in [0.717, 1.165) is 46.6 Å². The highest BCUT2D eigenvalue weighted by molar-refractivity contribution is 6.42. The van der Waals surface area contributed by atoms with E-state index >= 15 is 0 Å². The minimum absolute atomic E-state index is 0.0746. The van der Waals surface area contributed by atoms with Crippen LogP contribution in [-0.2, 0) is 12.8 Å². The van der Waals surface area contributed by atoms with Crippen molar-refractivity contribution in [1.29, 1.82) is 0 Å². The molecule has 0 saturated heterocycles. The van der Waals surface area contributed by atoms with Gasteiger partial charge in [0.2, 0.25) is 0 Å². The first-order chi connectivity index (χ1) is 29.1. The highest BCUT2D eigenvalue weighted by Crippen LogP contribution is 2.43.